The third-order valence-corrected chi connectivity index (χ3v) is 9.44. The Morgan fingerprint density at radius 2 is 1.04 bits per heavy atom. The van der Waals surface area contributed by atoms with Crippen molar-refractivity contribution in [3.8, 4) is 40.7 Å². The number of benzene rings is 6. The van der Waals surface area contributed by atoms with E-state index in [1.165, 1.54) is 0 Å². The second kappa shape index (κ2) is 11.9. The number of halogens is 3. The highest BCUT2D eigenvalue weighted by molar-refractivity contribution is 6.13. The number of fused-ring (bicyclic) bond motifs is 6. The van der Waals surface area contributed by atoms with Gasteiger partial charge >= 0.3 is 6.18 Å². The first-order chi connectivity index (χ1) is 25.6. The maximum Gasteiger partial charge on any atom is 0.416 e. The fourth-order valence-electron chi connectivity index (χ4n) is 7.18. The molecule has 8 rings (SSSR count). The van der Waals surface area contributed by atoms with Gasteiger partial charge in [-0.3, -0.25) is 0 Å². The van der Waals surface area contributed by atoms with Gasteiger partial charge in [0.05, 0.1) is 87.0 Å². The minimum atomic E-state index is -4.62. The van der Waals surface area contributed by atoms with Crippen LogP contribution in [0.1, 0.15) is 27.8 Å². The number of hydrogen-bond acceptors (Lipinski definition) is 3. The van der Waals surface area contributed by atoms with Crippen LogP contribution in [0.4, 0.5) is 24.5 Å². The molecule has 0 aliphatic rings. The molecule has 0 bridgehead atoms. The van der Waals surface area contributed by atoms with Crippen LogP contribution in [0, 0.1) is 54.1 Å². The molecule has 0 radical (unpaired) electrons. The van der Waals surface area contributed by atoms with E-state index in [0.717, 1.165) is 12.1 Å². The molecular weight excluding hydrogens is 672 g/mol. The van der Waals surface area contributed by atoms with Crippen molar-refractivity contribution in [3.05, 3.63) is 154 Å². The summed E-state index contributed by atoms with van der Waals surface area (Å²) in [5.41, 5.74) is 5.33. The highest BCUT2D eigenvalue weighted by Crippen LogP contribution is 2.45. The normalized spacial score (nSPS) is 11.3. The Hall–Kier alpha value is -7.84. The number of aryl methyl sites for hydroxylation is 1. The van der Waals surface area contributed by atoms with Crippen LogP contribution in [0.15, 0.2) is 103 Å². The molecule has 0 N–H and O–H groups in total. The zero-order chi connectivity index (χ0) is 37.2. The number of alkyl halides is 3. The fraction of sp³-hybridized carbons (Fsp3) is 0.0465. The Morgan fingerprint density at radius 1 is 0.566 bits per heavy atom. The Labute approximate surface area is 300 Å². The zero-order valence-corrected chi connectivity index (χ0v) is 27.6. The lowest BCUT2D eigenvalue weighted by atomic mass is 9.97. The fourth-order valence-corrected chi connectivity index (χ4v) is 7.18. The molecule has 2 aromatic heterocycles. The van der Waals surface area contributed by atoms with Crippen LogP contribution in [0.3, 0.4) is 0 Å². The van der Waals surface area contributed by atoms with E-state index in [-0.39, 0.29) is 16.8 Å². The maximum absolute atomic E-state index is 14.1. The van der Waals surface area contributed by atoms with Crippen molar-refractivity contribution >= 4 is 55.0 Å². The Balaban J connectivity index is 1.58. The van der Waals surface area contributed by atoms with Gasteiger partial charge in [0.25, 0.3) is 0 Å². The predicted octanol–water partition coefficient (Wildman–Crippen LogP) is 11.6. The van der Waals surface area contributed by atoms with E-state index in [2.05, 4.69) is 27.9 Å². The topological polar surface area (TPSA) is 89.9 Å². The second-order valence-electron chi connectivity index (χ2n) is 12.6. The summed E-state index contributed by atoms with van der Waals surface area (Å²) in [6, 6.07) is 34.4. The molecule has 0 atom stereocenters. The lowest BCUT2D eigenvalue weighted by Gasteiger charge is -2.20. The van der Waals surface area contributed by atoms with Crippen LogP contribution >= 0.6 is 0 Å². The van der Waals surface area contributed by atoms with E-state index in [1.54, 1.807) is 97.9 Å². The quantitative estimate of drug-likeness (QED) is 0.173. The van der Waals surface area contributed by atoms with Gasteiger partial charge in [-0.1, -0.05) is 12.1 Å². The monoisotopic (exact) mass is 691 g/mol. The summed E-state index contributed by atoms with van der Waals surface area (Å²) in [5, 5.41) is 32.1. The molecule has 0 saturated carbocycles. The van der Waals surface area contributed by atoms with Gasteiger partial charge in [0, 0.05) is 16.2 Å². The Kier molecular flexibility index (Phi) is 7.26. The molecular formula is C43H20F3N7. The molecule has 0 amide bonds. The van der Waals surface area contributed by atoms with Gasteiger partial charge in [0.2, 0.25) is 0 Å². The summed E-state index contributed by atoms with van der Waals surface area (Å²) in [7, 11) is 0. The number of rotatable bonds is 3. The lowest BCUT2D eigenvalue weighted by Crippen LogP contribution is -2.06. The number of nitriles is 3. The predicted molar refractivity (Wildman–Crippen MR) is 197 cm³/mol. The van der Waals surface area contributed by atoms with Crippen LogP contribution in [0.25, 0.3) is 75.8 Å². The molecule has 0 saturated heterocycles. The minimum absolute atomic E-state index is 0.100. The summed E-state index contributed by atoms with van der Waals surface area (Å²) in [6.45, 7) is 17.5. The summed E-state index contributed by atoms with van der Waals surface area (Å²) in [5.74, 6) is 0. The average Bonchev–Trinajstić information content (AvgIpc) is 3.67. The molecule has 2 heterocycles. The first-order valence-electron chi connectivity index (χ1n) is 16.1. The molecule has 0 fully saturated rings. The van der Waals surface area contributed by atoms with Gasteiger partial charge in [-0.25, -0.2) is 9.69 Å². The van der Waals surface area contributed by atoms with Crippen molar-refractivity contribution < 1.29 is 13.2 Å². The molecule has 10 heteroatoms. The van der Waals surface area contributed by atoms with Crippen LogP contribution in [0.2, 0.25) is 0 Å². The van der Waals surface area contributed by atoms with Crippen molar-refractivity contribution in [1.29, 1.82) is 15.8 Å². The molecule has 0 unspecified atom stereocenters. The Morgan fingerprint density at radius 3 is 1.49 bits per heavy atom. The van der Waals surface area contributed by atoms with E-state index in [4.69, 9.17) is 13.1 Å². The molecule has 7 nitrogen and oxygen atoms in total. The average molecular weight is 692 g/mol. The zero-order valence-electron chi connectivity index (χ0n) is 27.6. The highest BCUT2D eigenvalue weighted by Gasteiger charge is 2.31. The second-order valence-corrected chi connectivity index (χ2v) is 12.6. The number of nitrogens with zero attached hydrogens (tertiary/aromatic N) is 7. The summed E-state index contributed by atoms with van der Waals surface area (Å²) < 4.78 is 46.2. The summed E-state index contributed by atoms with van der Waals surface area (Å²) >= 11 is 0. The van der Waals surface area contributed by atoms with E-state index in [1.807, 2.05) is 9.13 Å². The van der Waals surface area contributed by atoms with Crippen molar-refractivity contribution in [1.82, 2.24) is 9.13 Å². The van der Waals surface area contributed by atoms with Crippen molar-refractivity contribution in [2.45, 2.75) is 13.1 Å². The standard InChI is InChI=1S/C43H20F3N7/c1-24-12-28(17-29(13-24)43(44,45)46)31-19-41(52-37-8-4-25(21-47)14-32(37)33-15-26(22-48)5-9-38(33)52)42(20-36(31)51-3)53-39-10-6-27(23-49)16-34(39)35-18-30(50-2)7-11-40(35)53/h4-20H,1H3. The summed E-state index contributed by atoms with van der Waals surface area (Å²) in [6.07, 6.45) is -4.62. The first kappa shape index (κ1) is 32.4. The van der Waals surface area contributed by atoms with Gasteiger partial charge in [0.15, 0.2) is 11.4 Å². The highest BCUT2D eigenvalue weighted by atomic mass is 19.4. The summed E-state index contributed by atoms with van der Waals surface area (Å²) in [4.78, 5) is 7.45. The van der Waals surface area contributed by atoms with Gasteiger partial charge in [-0.05, 0) is 120 Å². The van der Waals surface area contributed by atoms with Gasteiger partial charge < -0.3 is 9.13 Å². The van der Waals surface area contributed by atoms with Crippen molar-refractivity contribution in [2.75, 3.05) is 0 Å². The SMILES string of the molecule is [C-]#[N+]c1ccc2c(c1)c1cc(C#N)ccc1n2-c1cc([N+]#[C-])c(-c2cc(C)cc(C(F)(F)F)c2)cc1-n1c2ccc(C#N)cc2c2cc(C#N)ccc21. The molecule has 0 aliphatic carbocycles. The van der Waals surface area contributed by atoms with E-state index >= 15 is 0 Å². The van der Waals surface area contributed by atoms with E-state index < -0.39 is 11.7 Å². The van der Waals surface area contributed by atoms with Gasteiger partial charge in [0.1, 0.15) is 0 Å². The number of hydrogen-bond donors (Lipinski definition) is 0. The van der Waals surface area contributed by atoms with Crippen molar-refractivity contribution in [3.63, 3.8) is 0 Å². The third-order valence-electron chi connectivity index (χ3n) is 9.44. The van der Waals surface area contributed by atoms with Crippen LogP contribution in [0.5, 0.6) is 0 Å². The largest absolute Gasteiger partial charge is 0.416 e. The smallest absolute Gasteiger partial charge is 0.309 e. The molecule has 53 heavy (non-hydrogen) atoms. The maximum atomic E-state index is 14.1. The number of aromatic nitrogens is 2. The first-order valence-corrected chi connectivity index (χ1v) is 16.1. The van der Waals surface area contributed by atoms with Gasteiger partial charge in [-0.2, -0.15) is 29.0 Å². The van der Waals surface area contributed by atoms with Crippen LogP contribution in [-0.4, -0.2) is 9.13 Å². The molecule has 0 spiro atoms. The van der Waals surface area contributed by atoms with E-state index in [9.17, 15) is 29.0 Å². The minimum Gasteiger partial charge on any atom is -0.309 e. The molecule has 8 aromatic rings. The lowest BCUT2D eigenvalue weighted by molar-refractivity contribution is -0.137. The third kappa shape index (κ3) is 5.09. The van der Waals surface area contributed by atoms with E-state index in [0.29, 0.717) is 82.9 Å². The van der Waals surface area contributed by atoms with Crippen LogP contribution < -0.4 is 0 Å². The molecule has 248 valence electrons. The van der Waals surface area contributed by atoms with Crippen molar-refractivity contribution in [2.24, 2.45) is 0 Å². The Bertz CT molecular complexity index is 2980. The van der Waals surface area contributed by atoms with Gasteiger partial charge in [-0.15, -0.1) is 0 Å². The molecule has 0 aliphatic heterocycles. The van der Waals surface area contributed by atoms with Crippen LogP contribution in [-0.2, 0) is 6.18 Å². The molecule has 6 aromatic carbocycles.